The molecule has 2 N–H and O–H groups in total. The van der Waals surface area contributed by atoms with Gasteiger partial charge in [0.05, 0.1) is 5.56 Å². The highest BCUT2D eigenvalue weighted by Gasteiger charge is 2.27. The third-order valence-corrected chi connectivity index (χ3v) is 6.86. The van der Waals surface area contributed by atoms with Gasteiger partial charge in [-0.1, -0.05) is 13.8 Å². The summed E-state index contributed by atoms with van der Waals surface area (Å²) in [7, 11) is 0. The number of hydrogen-bond acceptors (Lipinski definition) is 3. The molecule has 2 heterocycles. The van der Waals surface area contributed by atoms with E-state index in [-0.39, 0.29) is 11.6 Å². The zero-order valence-corrected chi connectivity index (χ0v) is 19.7. The normalized spacial score (nSPS) is 17.5. The van der Waals surface area contributed by atoms with Gasteiger partial charge >= 0.3 is 6.03 Å². The van der Waals surface area contributed by atoms with E-state index in [4.69, 9.17) is 0 Å². The van der Waals surface area contributed by atoms with Crippen molar-refractivity contribution < 1.29 is 18.4 Å². The summed E-state index contributed by atoms with van der Waals surface area (Å²) in [5.74, 6) is -0.768. The fraction of sp³-hybridized carbons (Fsp3) is 0.462. The molecule has 0 aromatic heterocycles. The Hall–Kier alpha value is -3.16. The summed E-state index contributed by atoms with van der Waals surface area (Å²) >= 11 is 0. The molecular weight excluding hydrogens is 438 g/mol. The number of urea groups is 1. The molecule has 34 heavy (non-hydrogen) atoms. The van der Waals surface area contributed by atoms with Gasteiger partial charge in [-0.15, -0.1) is 0 Å². The van der Waals surface area contributed by atoms with E-state index < -0.39 is 17.7 Å². The van der Waals surface area contributed by atoms with Crippen LogP contribution in [0.1, 0.15) is 49.9 Å². The highest BCUT2D eigenvalue weighted by Crippen LogP contribution is 2.31. The molecule has 2 saturated heterocycles. The fourth-order valence-electron chi connectivity index (χ4n) is 4.56. The van der Waals surface area contributed by atoms with Crippen molar-refractivity contribution in [3.05, 3.63) is 53.6 Å². The number of halogens is 2. The lowest BCUT2D eigenvalue weighted by Gasteiger charge is -2.35. The molecule has 0 saturated carbocycles. The van der Waals surface area contributed by atoms with Gasteiger partial charge in [-0.2, -0.15) is 0 Å². The Bertz CT molecular complexity index is 1050. The van der Waals surface area contributed by atoms with E-state index in [2.05, 4.69) is 29.4 Å². The van der Waals surface area contributed by atoms with E-state index in [0.29, 0.717) is 23.1 Å². The van der Waals surface area contributed by atoms with Crippen LogP contribution in [-0.4, -0.2) is 43.0 Å². The number of rotatable bonds is 4. The smallest absolute Gasteiger partial charge is 0.323 e. The van der Waals surface area contributed by atoms with Crippen molar-refractivity contribution in [3.8, 4) is 0 Å². The summed E-state index contributed by atoms with van der Waals surface area (Å²) < 4.78 is 26.6. The largest absolute Gasteiger partial charge is 0.371 e. The number of anilines is 3. The molecule has 8 heteroatoms. The number of benzene rings is 2. The van der Waals surface area contributed by atoms with Crippen molar-refractivity contribution in [2.45, 2.75) is 39.5 Å². The van der Waals surface area contributed by atoms with Crippen LogP contribution in [0.5, 0.6) is 0 Å². The van der Waals surface area contributed by atoms with Crippen LogP contribution in [0.3, 0.4) is 0 Å². The quantitative estimate of drug-likeness (QED) is 0.601. The molecule has 6 nitrogen and oxygen atoms in total. The first kappa shape index (κ1) is 24.0. The predicted octanol–water partition coefficient (Wildman–Crippen LogP) is 5.72. The van der Waals surface area contributed by atoms with E-state index in [9.17, 15) is 18.4 Å². The van der Waals surface area contributed by atoms with Gasteiger partial charge in [0.1, 0.15) is 0 Å². The Labute approximate surface area is 199 Å². The van der Waals surface area contributed by atoms with Gasteiger partial charge in [0.2, 0.25) is 0 Å². The van der Waals surface area contributed by atoms with Crippen molar-refractivity contribution in [2.24, 2.45) is 11.8 Å². The number of carbonyl (C=O) groups is 2. The minimum atomic E-state index is -1.04. The van der Waals surface area contributed by atoms with E-state index in [1.54, 1.807) is 12.1 Å². The van der Waals surface area contributed by atoms with Crippen LogP contribution in [0, 0.1) is 23.5 Å². The van der Waals surface area contributed by atoms with Crippen molar-refractivity contribution in [3.63, 3.8) is 0 Å². The number of amides is 3. The number of carbonyl (C=O) groups excluding carboxylic acids is 2. The molecule has 0 atom stereocenters. The zero-order valence-electron chi connectivity index (χ0n) is 19.7. The molecule has 3 amide bonds. The van der Waals surface area contributed by atoms with E-state index >= 15 is 0 Å². The molecule has 2 aliphatic rings. The van der Waals surface area contributed by atoms with Crippen molar-refractivity contribution in [1.82, 2.24) is 4.90 Å². The summed E-state index contributed by atoms with van der Waals surface area (Å²) in [5.41, 5.74) is 2.06. The first-order valence-corrected chi connectivity index (χ1v) is 12.0. The second-order valence-electron chi connectivity index (χ2n) is 9.58. The molecule has 2 fully saturated rings. The van der Waals surface area contributed by atoms with Gasteiger partial charge in [-0.05, 0) is 67.9 Å². The van der Waals surface area contributed by atoms with Gasteiger partial charge in [-0.25, -0.2) is 13.6 Å². The number of nitrogens with zero attached hydrogens (tertiary/aromatic N) is 2. The summed E-state index contributed by atoms with van der Waals surface area (Å²) in [4.78, 5) is 30.2. The molecular formula is C26H32F2N4O2. The average Bonchev–Trinajstić information content (AvgIpc) is 2.82. The molecule has 0 aliphatic carbocycles. The first-order valence-electron chi connectivity index (χ1n) is 12.0. The van der Waals surface area contributed by atoms with Gasteiger partial charge in [-0.3, -0.25) is 4.79 Å². The number of hydrogen-bond donors (Lipinski definition) is 2. The molecule has 0 radical (unpaired) electrons. The van der Waals surface area contributed by atoms with Gasteiger partial charge in [0.25, 0.3) is 5.91 Å². The van der Waals surface area contributed by atoms with E-state index in [0.717, 1.165) is 69.7 Å². The molecule has 0 spiro atoms. The highest BCUT2D eigenvalue weighted by atomic mass is 19.2. The van der Waals surface area contributed by atoms with Crippen molar-refractivity contribution in [1.29, 1.82) is 0 Å². The molecule has 0 bridgehead atoms. The zero-order chi connectivity index (χ0) is 24.2. The Kier molecular flexibility index (Phi) is 7.34. The van der Waals surface area contributed by atoms with Crippen LogP contribution >= 0.6 is 0 Å². The fourth-order valence-corrected chi connectivity index (χ4v) is 4.56. The molecule has 4 rings (SSSR count). The minimum Gasteiger partial charge on any atom is -0.371 e. The van der Waals surface area contributed by atoms with Crippen LogP contribution < -0.4 is 15.5 Å². The van der Waals surface area contributed by atoms with Crippen LogP contribution in [0.2, 0.25) is 0 Å². The maximum absolute atomic E-state index is 13.5. The topological polar surface area (TPSA) is 64.7 Å². The summed E-state index contributed by atoms with van der Waals surface area (Å²) in [5, 5.41) is 5.21. The van der Waals surface area contributed by atoms with E-state index in [1.165, 1.54) is 6.07 Å². The Balaban J connectivity index is 1.54. The summed E-state index contributed by atoms with van der Waals surface area (Å²) in [6.07, 6.45) is 4.12. The molecule has 2 aromatic rings. The van der Waals surface area contributed by atoms with Gasteiger partial charge in [0.15, 0.2) is 11.6 Å². The van der Waals surface area contributed by atoms with Crippen LogP contribution in [-0.2, 0) is 0 Å². The van der Waals surface area contributed by atoms with Gasteiger partial charge < -0.3 is 20.4 Å². The molecule has 2 aliphatic heterocycles. The maximum atomic E-state index is 13.5. The number of piperidine rings is 2. The third kappa shape index (κ3) is 5.66. The average molecular weight is 471 g/mol. The lowest BCUT2D eigenvalue weighted by Crippen LogP contribution is -2.40. The third-order valence-electron chi connectivity index (χ3n) is 6.86. The van der Waals surface area contributed by atoms with Gasteiger partial charge in [0, 0.05) is 49.3 Å². The second kappa shape index (κ2) is 10.4. The minimum absolute atomic E-state index is 0.0230. The van der Waals surface area contributed by atoms with Crippen LogP contribution in [0.15, 0.2) is 36.4 Å². The maximum Gasteiger partial charge on any atom is 0.323 e. The van der Waals surface area contributed by atoms with Crippen molar-refractivity contribution in [2.75, 3.05) is 41.7 Å². The monoisotopic (exact) mass is 470 g/mol. The standard InChI is InChI=1S/C26H32F2N4O2/c1-17-7-11-31(12-8-17)24-6-4-19(15-21(24)25(33)32-13-9-18(2)10-14-32)29-26(34)30-20-3-5-22(27)23(28)16-20/h3-6,15-18H,7-14H2,1-2H3,(H2,29,30,34). The van der Waals surface area contributed by atoms with E-state index in [1.807, 2.05) is 11.0 Å². The lowest BCUT2D eigenvalue weighted by atomic mass is 9.96. The highest BCUT2D eigenvalue weighted by molar-refractivity contribution is 6.04. The molecule has 0 unspecified atom stereocenters. The Morgan fingerprint density at radius 1 is 0.794 bits per heavy atom. The molecule has 182 valence electrons. The van der Waals surface area contributed by atoms with Crippen LogP contribution in [0.4, 0.5) is 30.6 Å². The Morgan fingerprint density at radius 2 is 1.35 bits per heavy atom. The predicted molar refractivity (Wildman–Crippen MR) is 130 cm³/mol. The lowest BCUT2D eigenvalue weighted by molar-refractivity contribution is 0.0697. The Morgan fingerprint density at radius 3 is 1.97 bits per heavy atom. The summed E-state index contributed by atoms with van der Waals surface area (Å²) in [6.45, 7) is 7.69. The SMILES string of the molecule is CC1CCN(C(=O)c2cc(NC(=O)Nc3ccc(F)c(F)c3)ccc2N2CCC(C)CC2)CC1. The summed E-state index contributed by atoms with van der Waals surface area (Å²) in [6, 6.07) is 7.94. The van der Waals surface area contributed by atoms with Crippen LogP contribution in [0.25, 0.3) is 0 Å². The number of likely N-dealkylation sites (tertiary alicyclic amines) is 1. The first-order chi connectivity index (χ1) is 16.3. The second-order valence-corrected chi connectivity index (χ2v) is 9.58. The number of nitrogens with one attached hydrogen (secondary N) is 2. The van der Waals surface area contributed by atoms with Crippen molar-refractivity contribution >= 4 is 29.0 Å². The molecule has 2 aromatic carbocycles.